The zero-order chi connectivity index (χ0) is 15.1. The summed E-state index contributed by atoms with van der Waals surface area (Å²) in [6, 6.07) is 7.63. The number of benzene rings is 1. The van der Waals surface area contributed by atoms with Gasteiger partial charge < -0.3 is 10.6 Å². The molecule has 4 nitrogen and oxygen atoms in total. The molecule has 106 valence electrons. The highest BCUT2D eigenvalue weighted by atomic mass is 16.1. The molecule has 1 aromatic rings. The predicted molar refractivity (Wildman–Crippen MR) is 82.6 cm³/mol. The molecule has 0 saturated carbocycles. The highest BCUT2D eigenvalue weighted by molar-refractivity contribution is 5.89. The van der Waals surface area contributed by atoms with Crippen LogP contribution in [0.2, 0.25) is 0 Å². The third-order valence-corrected chi connectivity index (χ3v) is 2.39. The van der Waals surface area contributed by atoms with E-state index in [0.717, 1.165) is 22.8 Å². The standard InChI is InChI=1S/C16H20N2O2/c1-11(8-13(3)19)17-15-6-5-7-16(10-15)18-12(2)9-14(4)20/h5-10,17-18H,1-4H3/b11-8+,12-9+. The van der Waals surface area contributed by atoms with Gasteiger partial charge >= 0.3 is 0 Å². The lowest BCUT2D eigenvalue weighted by atomic mass is 10.2. The number of hydrogen-bond acceptors (Lipinski definition) is 4. The average molecular weight is 272 g/mol. The van der Waals surface area contributed by atoms with Gasteiger partial charge in [0.25, 0.3) is 0 Å². The van der Waals surface area contributed by atoms with Crippen LogP contribution in [0.1, 0.15) is 27.7 Å². The summed E-state index contributed by atoms with van der Waals surface area (Å²) in [5.41, 5.74) is 3.32. The number of hydrogen-bond donors (Lipinski definition) is 2. The monoisotopic (exact) mass is 272 g/mol. The van der Waals surface area contributed by atoms with Crippen molar-refractivity contribution in [2.75, 3.05) is 10.6 Å². The summed E-state index contributed by atoms with van der Waals surface area (Å²) < 4.78 is 0. The molecule has 2 N–H and O–H groups in total. The maximum absolute atomic E-state index is 11.0. The van der Waals surface area contributed by atoms with Crippen molar-refractivity contribution in [1.82, 2.24) is 0 Å². The van der Waals surface area contributed by atoms with Crippen molar-refractivity contribution in [3.05, 3.63) is 47.8 Å². The van der Waals surface area contributed by atoms with Gasteiger partial charge in [0, 0.05) is 22.8 Å². The molecular formula is C16H20N2O2. The van der Waals surface area contributed by atoms with Crippen LogP contribution in [-0.4, -0.2) is 11.6 Å². The number of carbonyl (C=O) groups is 2. The molecule has 0 spiro atoms. The summed E-state index contributed by atoms with van der Waals surface area (Å²) in [5.74, 6) is 0.00836. The summed E-state index contributed by atoms with van der Waals surface area (Å²) in [4.78, 5) is 22.0. The molecule has 0 bridgehead atoms. The van der Waals surface area contributed by atoms with Gasteiger partial charge in [-0.2, -0.15) is 0 Å². The van der Waals surface area contributed by atoms with Gasteiger partial charge in [-0.3, -0.25) is 9.59 Å². The Balaban J connectivity index is 2.81. The molecule has 0 radical (unpaired) electrons. The Morgan fingerprint density at radius 3 is 1.60 bits per heavy atom. The number of rotatable bonds is 6. The van der Waals surface area contributed by atoms with E-state index in [1.165, 1.54) is 13.8 Å². The van der Waals surface area contributed by atoms with E-state index >= 15 is 0 Å². The van der Waals surface area contributed by atoms with Crippen molar-refractivity contribution in [2.45, 2.75) is 27.7 Å². The van der Waals surface area contributed by atoms with E-state index in [1.54, 1.807) is 12.2 Å². The Labute approximate surface area is 119 Å². The van der Waals surface area contributed by atoms with Gasteiger partial charge in [0.2, 0.25) is 0 Å². The maximum atomic E-state index is 11.0. The second-order valence-corrected chi connectivity index (χ2v) is 4.71. The zero-order valence-electron chi connectivity index (χ0n) is 12.3. The van der Waals surface area contributed by atoms with Gasteiger partial charge in [-0.25, -0.2) is 0 Å². The molecule has 0 aromatic heterocycles. The third-order valence-electron chi connectivity index (χ3n) is 2.39. The molecule has 4 heteroatoms. The van der Waals surface area contributed by atoms with E-state index in [-0.39, 0.29) is 11.6 Å². The fraction of sp³-hybridized carbons (Fsp3) is 0.250. The van der Waals surface area contributed by atoms with Crippen molar-refractivity contribution < 1.29 is 9.59 Å². The molecule has 0 aliphatic heterocycles. The minimum Gasteiger partial charge on any atom is -0.359 e. The molecular weight excluding hydrogens is 252 g/mol. The molecule has 0 heterocycles. The average Bonchev–Trinajstić information content (AvgIpc) is 2.26. The second kappa shape index (κ2) is 7.28. The number of nitrogens with one attached hydrogen (secondary N) is 2. The first-order chi connectivity index (χ1) is 9.36. The van der Waals surface area contributed by atoms with Crippen LogP contribution in [0.25, 0.3) is 0 Å². The molecule has 0 atom stereocenters. The highest BCUT2D eigenvalue weighted by Crippen LogP contribution is 2.18. The lowest BCUT2D eigenvalue weighted by Gasteiger charge is -2.10. The van der Waals surface area contributed by atoms with Crippen LogP contribution in [-0.2, 0) is 9.59 Å². The fourth-order valence-electron chi connectivity index (χ4n) is 1.81. The zero-order valence-corrected chi connectivity index (χ0v) is 12.3. The molecule has 0 amide bonds. The van der Waals surface area contributed by atoms with Crippen LogP contribution in [0, 0.1) is 0 Å². The van der Waals surface area contributed by atoms with Crippen molar-refractivity contribution in [3.8, 4) is 0 Å². The largest absolute Gasteiger partial charge is 0.359 e. The lowest BCUT2D eigenvalue weighted by molar-refractivity contribution is -0.113. The first-order valence-corrected chi connectivity index (χ1v) is 6.38. The Hall–Kier alpha value is -2.36. The summed E-state index contributed by atoms with van der Waals surface area (Å²) in [6.07, 6.45) is 3.09. The SMILES string of the molecule is CC(=O)/C=C(\C)Nc1cccc(N/C(C)=C/C(C)=O)c1. The summed E-state index contributed by atoms with van der Waals surface area (Å²) >= 11 is 0. The van der Waals surface area contributed by atoms with E-state index in [1.807, 2.05) is 38.1 Å². The number of ketones is 2. The van der Waals surface area contributed by atoms with Crippen LogP contribution in [0.5, 0.6) is 0 Å². The van der Waals surface area contributed by atoms with E-state index in [4.69, 9.17) is 0 Å². The summed E-state index contributed by atoms with van der Waals surface area (Å²) in [6.45, 7) is 6.70. The minimum atomic E-state index is 0.00418. The molecule has 1 aromatic carbocycles. The summed E-state index contributed by atoms with van der Waals surface area (Å²) in [5, 5.41) is 6.28. The molecule has 20 heavy (non-hydrogen) atoms. The number of allylic oxidation sites excluding steroid dienone is 4. The van der Waals surface area contributed by atoms with Crippen molar-refractivity contribution in [2.24, 2.45) is 0 Å². The number of anilines is 2. The van der Waals surface area contributed by atoms with Crippen LogP contribution in [0.3, 0.4) is 0 Å². The lowest BCUT2D eigenvalue weighted by Crippen LogP contribution is -2.01. The normalized spacial score (nSPS) is 12.0. The summed E-state index contributed by atoms with van der Waals surface area (Å²) in [7, 11) is 0. The first-order valence-electron chi connectivity index (χ1n) is 6.38. The van der Waals surface area contributed by atoms with Gasteiger partial charge in [-0.1, -0.05) is 6.07 Å². The Kier molecular flexibility index (Phi) is 5.72. The van der Waals surface area contributed by atoms with E-state index < -0.39 is 0 Å². The van der Waals surface area contributed by atoms with Crippen LogP contribution >= 0.6 is 0 Å². The minimum absolute atomic E-state index is 0.00418. The fourth-order valence-corrected chi connectivity index (χ4v) is 1.81. The molecule has 1 rings (SSSR count). The number of carbonyl (C=O) groups excluding carboxylic acids is 2. The quantitative estimate of drug-likeness (QED) is 0.778. The van der Waals surface area contributed by atoms with Crippen molar-refractivity contribution in [3.63, 3.8) is 0 Å². The van der Waals surface area contributed by atoms with Gasteiger partial charge in [0.05, 0.1) is 0 Å². The maximum Gasteiger partial charge on any atom is 0.154 e. The van der Waals surface area contributed by atoms with E-state index in [2.05, 4.69) is 10.6 Å². The van der Waals surface area contributed by atoms with Crippen LogP contribution in [0.4, 0.5) is 11.4 Å². The third kappa shape index (κ3) is 6.00. The van der Waals surface area contributed by atoms with Gasteiger partial charge in [-0.15, -0.1) is 0 Å². The van der Waals surface area contributed by atoms with Gasteiger partial charge in [0.1, 0.15) is 0 Å². The Morgan fingerprint density at radius 1 is 0.850 bits per heavy atom. The van der Waals surface area contributed by atoms with Crippen LogP contribution in [0.15, 0.2) is 47.8 Å². The first kappa shape index (κ1) is 15.7. The highest BCUT2D eigenvalue weighted by Gasteiger charge is 1.98. The van der Waals surface area contributed by atoms with Crippen molar-refractivity contribution in [1.29, 1.82) is 0 Å². The molecule has 0 aliphatic rings. The van der Waals surface area contributed by atoms with Gasteiger partial charge in [-0.05, 0) is 58.0 Å². The van der Waals surface area contributed by atoms with Gasteiger partial charge in [0.15, 0.2) is 11.6 Å². The van der Waals surface area contributed by atoms with E-state index in [9.17, 15) is 9.59 Å². The smallest absolute Gasteiger partial charge is 0.154 e. The molecule has 0 aliphatic carbocycles. The van der Waals surface area contributed by atoms with Crippen LogP contribution < -0.4 is 10.6 Å². The molecule has 0 saturated heterocycles. The molecule has 0 unspecified atom stereocenters. The van der Waals surface area contributed by atoms with E-state index in [0.29, 0.717) is 0 Å². The van der Waals surface area contributed by atoms with Crippen molar-refractivity contribution >= 4 is 22.9 Å². The Morgan fingerprint density at radius 2 is 1.25 bits per heavy atom. The molecule has 0 fully saturated rings. The predicted octanol–water partition coefficient (Wildman–Crippen LogP) is 3.50. The Bertz CT molecular complexity index is 524. The topological polar surface area (TPSA) is 58.2 Å². The second-order valence-electron chi connectivity index (χ2n) is 4.71.